The molecule has 3 saturated heterocycles. The van der Waals surface area contributed by atoms with E-state index >= 15 is 0 Å². The first-order valence-corrected chi connectivity index (χ1v) is 8.18. The SMILES string of the molecule is O=C([C@@H]1CC[C@H](CN2CCOCC2)O1)N1C[C@@H](F)C[C@H]1CO. The van der Waals surface area contributed by atoms with Gasteiger partial charge in [0.2, 0.25) is 0 Å². The lowest BCUT2D eigenvalue weighted by Gasteiger charge is -2.29. The predicted octanol–water partition coefficient (Wildman–Crippen LogP) is -0.202. The third kappa shape index (κ3) is 3.59. The molecule has 3 fully saturated rings. The molecule has 0 bridgehead atoms. The number of likely N-dealkylation sites (tertiary alicyclic amines) is 1. The molecule has 126 valence electrons. The zero-order chi connectivity index (χ0) is 15.5. The highest BCUT2D eigenvalue weighted by molar-refractivity contribution is 5.82. The van der Waals surface area contributed by atoms with Crippen molar-refractivity contribution in [2.45, 2.75) is 43.7 Å². The van der Waals surface area contributed by atoms with E-state index in [4.69, 9.17) is 9.47 Å². The zero-order valence-electron chi connectivity index (χ0n) is 12.8. The third-order valence-electron chi connectivity index (χ3n) is 4.81. The number of nitrogens with zero attached hydrogens (tertiary/aromatic N) is 2. The molecule has 0 aromatic carbocycles. The first kappa shape index (κ1) is 16.1. The molecular formula is C15H25FN2O4. The van der Waals surface area contributed by atoms with Crippen LogP contribution in [0.4, 0.5) is 4.39 Å². The molecule has 0 radical (unpaired) electrons. The maximum Gasteiger partial charge on any atom is 0.252 e. The highest BCUT2D eigenvalue weighted by Gasteiger charge is 2.41. The summed E-state index contributed by atoms with van der Waals surface area (Å²) in [5.41, 5.74) is 0. The number of morpholine rings is 1. The van der Waals surface area contributed by atoms with E-state index in [1.807, 2.05) is 0 Å². The number of amides is 1. The second-order valence-electron chi connectivity index (χ2n) is 6.40. The Hall–Kier alpha value is -0.760. The van der Waals surface area contributed by atoms with Gasteiger partial charge in [-0.05, 0) is 12.8 Å². The highest BCUT2D eigenvalue weighted by Crippen LogP contribution is 2.27. The number of hydrogen-bond acceptors (Lipinski definition) is 5. The Bertz CT molecular complexity index is 392. The van der Waals surface area contributed by atoms with Crippen LogP contribution in [0.1, 0.15) is 19.3 Å². The average Bonchev–Trinajstić information content (AvgIpc) is 3.14. The molecule has 1 amide bonds. The van der Waals surface area contributed by atoms with Gasteiger partial charge in [0, 0.05) is 26.1 Å². The minimum absolute atomic E-state index is 0.0587. The standard InChI is InChI=1S/C15H25FN2O4/c16-11-7-12(10-19)18(8-11)15(20)14-2-1-13(22-14)9-17-3-5-21-6-4-17/h11-14,19H,1-10H2/t11-,12-,13+,14-/m0/s1. The third-order valence-corrected chi connectivity index (χ3v) is 4.81. The molecule has 6 nitrogen and oxygen atoms in total. The molecule has 22 heavy (non-hydrogen) atoms. The van der Waals surface area contributed by atoms with Gasteiger partial charge >= 0.3 is 0 Å². The van der Waals surface area contributed by atoms with E-state index in [0.717, 1.165) is 39.3 Å². The van der Waals surface area contributed by atoms with Gasteiger partial charge < -0.3 is 19.5 Å². The van der Waals surface area contributed by atoms with Crippen molar-refractivity contribution in [3.63, 3.8) is 0 Å². The summed E-state index contributed by atoms with van der Waals surface area (Å²) in [6.07, 6.45) is 0.302. The summed E-state index contributed by atoms with van der Waals surface area (Å²) in [5.74, 6) is -0.163. The van der Waals surface area contributed by atoms with Gasteiger partial charge in [0.15, 0.2) is 0 Å². The lowest BCUT2D eigenvalue weighted by Crippen LogP contribution is -2.45. The molecule has 3 heterocycles. The fourth-order valence-corrected chi connectivity index (χ4v) is 3.58. The van der Waals surface area contributed by atoms with Crippen molar-refractivity contribution in [2.24, 2.45) is 0 Å². The first-order chi connectivity index (χ1) is 10.7. The number of ether oxygens (including phenoxy) is 2. The van der Waals surface area contributed by atoms with E-state index in [1.165, 1.54) is 4.90 Å². The number of aliphatic hydroxyl groups excluding tert-OH is 1. The second kappa shape index (κ2) is 7.21. The molecule has 0 aromatic rings. The Labute approximate surface area is 130 Å². The van der Waals surface area contributed by atoms with Gasteiger partial charge in [0.1, 0.15) is 12.3 Å². The fourth-order valence-electron chi connectivity index (χ4n) is 3.58. The molecular weight excluding hydrogens is 291 g/mol. The van der Waals surface area contributed by atoms with Crippen LogP contribution in [-0.4, -0.2) is 91.2 Å². The Morgan fingerprint density at radius 1 is 1.27 bits per heavy atom. The van der Waals surface area contributed by atoms with Crippen molar-refractivity contribution in [3.8, 4) is 0 Å². The summed E-state index contributed by atoms with van der Waals surface area (Å²) in [7, 11) is 0. The van der Waals surface area contributed by atoms with Gasteiger partial charge in [-0.25, -0.2) is 4.39 Å². The number of alkyl halides is 1. The Morgan fingerprint density at radius 2 is 2.05 bits per heavy atom. The lowest BCUT2D eigenvalue weighted by atomic mass is 10.1. The van der Waals surface area contributed by atoms with E-state index in [2.05, 4.69) is 4.90 Å². The molecule has 3 aliphatic rings. The lowest BCUT2D eigenvalue weighted by molar-refractivity contribution is -0.145. The summed E-state index contributed by atoms with van der Waals surface area (Å²) < 4.78 is 24.7. The van der Waals surface area contributed by atoms with Gasteiger partial charge in [-0.2, -0.15) is 0 Å². The second-order valence-corrected chi connectivity index (χ2v) is 6.40. The molecule has 0 saturated carbocycles. The van der Waals surface area contributed by atoms with Gasteiger partial charge in [-0.3, -0.25) is 9.69 Å². The van der Waals surface area contributed by atoms with E-state index in [1.54, 1.807) is 0 Å². The van der Waals surface area contributed by atoms with E-state index in [9.17, 15) is 14.3 Å². The number of hydrogen-bond donors (Lipinski definition) is 1. The molecule has 0 aromatic heterocycles. The van der Waals surface area contributed by atoms with Crippen LogP contribution in [0, 0.1) is 0 Å². The van der Waals surface area contributed by atoms with Crippen molar-refractivity contribution in [3.05, 3.63) is 0 Å². The van der Waals surface area contributed by atoms with Crippen LogP contribution in [0.15, 0.2) is 0 Å². The van der Waals surface area contributed by atoms with Gasteiger partial charge in [-0.1, -0.05) is 0 Å². The average molecular weight is 316 g/mol. The van der Waals surface area contributed by atoms with E-state index in [-0.39, 0.29) is 31.6 Å². The largest absolute Gasteiger partial charge is 0.394 e. The summed E-state index contributed by atoms with van der Waals surface area (Å²) >= 11 is 0. The molecule has 7 heteroatoms. The van der Waals surface area contributed by atoms with Crippen LogP contribution >= 0.6 is 0 Å². The summed E-state index contributed by atoms with van der Waals surface area (Å²) in [6.45, 7) is 4.02. The fraction of sp³-hybridized carbons (Fsp3) is 0.933. The van der Waals surface area contributed by atoms with Crippen LogP contribution in [0.3, 0.4) is 0 Å². The maximum absolute atomic E-state index is 13.5. The number of rotatable bonds is 4. The van der Waals surface area contributed by atoms with Crippen molar-refractivity contribution in [2.75, 3.05) is 46.0 Å². The molecule has 3 aliphatic heterocycles. The smallest absolute Gasteiger partial charge is 0.252 e. The molecule has 0 unspecified atom stereocenters. The first-order valence-electron chi connectivity index (χ1n) is 8.18. The Balaban J connectivity index is 1.50. The van der Waals surface area contributed by atoms with Crippen molar-refractivity contribution < 1.29 is 23.8 Å². The monoisotopic (exact) mass is 316 g/mol. The number of halogens is 1. The van der Waals surface area contributed by atoms with Crippen LogP contribution in [-0.2, 0) is 14.3 Å². The van der Waals surface area contributed by atoms with Crippen molar-refractivity contribution in [1.82, 2.24) is 9.80 Å². The van der Waals surface area contributed by atoms with Crippen molar-refractivity contribution in [1.29, 1.82) is 0 Å². The quantitative estimate of drug-likeness (QED) is 0.778. The number of carbonyl (C=O) groups is 1. The molecule has 3 rings (SSSR count). The summed E-state index contributed by atoms with van der Waals surface area (Å²) in [5, 5.41) is 9.29. The van der Waals surface area contributed by atoms with Crippen LogP contribution in [0.25, 0.3) is 0 Å². The molecule has 1 N–H and O–H groups in total. The van der Waals surface area contributed by atoms with Crippen LogP contribution in [0.2, 0.25) is 0 Å². The Kier molecular flexibility index (Phi) is 5.28. The maximum atomic E-state index is 13.5. The molecule has 4 atom stereocenters. The predicted molar refractivity (Wildman–Crippen MR) is 77.3 cm³/mol. The summed E-state index contributed by atoms with van der Waals surface area (Å²) in [6, 6.07) is -0.399. The topological polar surface area (TPSA) is 62.2 Å². The van der Waals surface area contributed by atoms with Crippen LogP contribution in [0.5, 0.6) is 0 Å². The van der Waals surface area contributed by atoms with Gasteiger partial charge in [-0.15, -0.1) is 0 Å². The van der Waals surface area contributed by atoms with Crippen LogP contribution < -0.4 is 0 Å². The van der Waals surface area contributed by atoms with Crippen molar-refractivity contribution >= 4 is 5.91 Å². The number of carbonyl (C=O) groups excluding carboxylic acids is 1. The Morgan fingerprint density at radius 3 is 2.77 bits per heavy atom. The minimum atomic E-state index is -1.04. The zero-order valence-corrected chi connectivity index (χ0v) is 12.8. The van der Waals surface area contributed by atoms with Gasteiger partial charge in [0.05, 0.1) is 38.5 Å². The minimum Gasteiger partial charge on any atom is -0.394 e. The van der Waals surface area contributed by atoms with E-state index in [0.29, 0.717) is 6.42 Å². The highest BCUT2D eigenvalue weighted by atomic mass is 19.1. The van der Waals surface area contributed by atoms with E-state index < -0.39 is 18.3 Å². The summed E-state index contributed by atoms with van der Waals surface area (Å²) in [4.78, 5) is 16.3. The molecule has 0 aliphatic carbocycles. The molecule has 0 spiro atoms. The van der Waals surface area contributed by atoms with Gasteiger partial charge in [0.25, 0.3) is 5.91 Å². The number of aliphatic hydroxyl groups is 1. The normalized spacial score (nSPS) is 36.9.